The SMILES string of the molecule is CC(F)(F)c1cccc(Oc2ccc(-c3cccnc3N)cc2)c1. The summed E-state index contributed by atoms with van der Waals surface area (Å²) >= 11 is 0. The lowest BCUT2D eigenvalue weighted by molar-refractivity contribution is 0.0173. The molecule has 3 aromatic rings. The molecule has 0 unspecified atom stereocenters. The normalized spacial score (nSPS) is 11.3. The topological polar surface area (TPSA) is 48.1 Å². The fourth-order valence-electron chi connectivity index (χ4n) is 2.33. The summed E-state index contributed by atoms with van der Waals surface area (Å²) in [5.41, 5.74) is 7.51. The van der Waals surface area contributed by atoms with Gasteiger partial charge in [-0.1, -0.05) is 24.3 Å². The predicted molar refractivity (Wildman–Crippen MR) is 90.2 cm³/mol. The van der Waals surface area contributed by atoms with Gasteiger partial charge in [-0.25, -0.2) is 13.8 Å². The lowest BCUT2D eigenvalue weighted by Crippen LogP contribution is -2.06. The van der Waals surface area contributed by atoms with Crippen LogP contribution in [-0.4, -0.2) is 4.98 Å². The minimum atomic E-state index is -2.90. The molecule has 3 nitrogen and oxygen atoms in total. The number of nitrogens with two attached hydrogens (primary N) is 1. The molecule has 0 spiro atoms. The van der Waals surface area contributed by atoms with Crippen molar-refractivity contribution >= 4 is 5.82 Å². The van der Waals surface area contributed by atoms with Gasteiger partial charge in [0.1, 0.15) is 17.3 Å². The maximum absolute atomic E-state index is 13.4. The summed E-state index contributed by atoms with van der Waals surface area (Å²) in [7, 11) is 0. The van der Waals surface area contributed by atoms with E-state index in [1.54, 1.807) is 30.5 Å². The molecule has 122 valence electrons. The van der Waals surface area contributed by atoms with Crippen molar-refractivity contribution in [2.45, 2.75) is 12.8 Å². The van der Waals surface area contributed by atoms with Crippen LogP contribution in [0.3, 0.4) is 0 Å². The van der Waals surface area contributed by atoms with E-state index in [-0.39, 0.29) is 5.56 Å². The summed E-state index contributed by atoms with van der Waals surface area (Å²) in [5.74, 6) is -1.54. The quantitative estimate of drug-likeness (QED) is 0.713. The van der Waals surface area contributed by atoms with Crippen LogP contribution < -0.4 is 10.5 Å². The number of pyridine rings is 1. The van der Waals surface area contributed by atoms with Crippen LogP contribution in [0.4, 0.5) is 14.6 Å². The van der Waals surface area contributed by atoms with Gasteiger partial charge in [0.15, 0.2) is 0 Å². The fraction of sp³-hybridized carbons (Fsp3) is 0.105. The van der Waals surface area contributed by atoms with Crippen LogP contribution >= 0.6 is 0 Å². The second-order valence-corrected chi connectivity index (χ2v) is 5.48. The van der Waals surface area contributed by atoms with E-state index in [1.807, 2.05) is 24.3 Å². The Kier molecular flexibility index (Phi) is 4.16. The largest absolute Gasteiger partial charge is 0.457 e. The Bertz CT molecular complexity index is 842. The van der Waals surface area contributed by atoms with Gasteiger partial charge in [0.2, 0.25) is 0 Å². The van der Waals surface area contributed by atoms with Crippen molar-refractivity contribution < 1.29 is 13.5 Å². The van der Waals surface area contributed by atoms with Gasteiger partial charge in [-0.2, -0.15) is 0 Å². The molecule has 0 aliphatic heterocycles. The first-order valence-corrected chi connectivity index (χ1v) is 7.40. The number of rotatable bonds is 4. The van der Waals surface area contributed by atoms with Gasteiger partial charge >= 0.3 is 0 Å². The third-order valence-corrected chi connectivity index (χ3v) is 3.58. The molecule has 0 fully saturated rings. The molecule has 0 radical (unpaired) electrons. The molecule has 3 rings (SSSR count). The second kappa shape index (κ2) is 6.28. The molecule has 24 heavy (non-hydrogen) atoms. The zero-order valence-corrected chi connectivity index (χ0v) is 13.0. The molecular weight excluding hydrogens is 310 g/mol. The van der Waals surface area contributed by atoms with Crippen LogP contribution in [0.5, 0.6) is 11.5 Å². The number of alkyl halides is 2. The van der Waals surface area contributed by atoms with Crippen molar-refractivity contribution in [3.05, 3.63) is 72.4 Å². The number of hydrogen-bond donors (Lipinski definition) is 1. The first kappa shape index (κ1) is 15.9. The molecule has 5 heteroatoms. The highest BCUT2D eigenvalue weighted by molar-refractivity contribution is 5.73. The number of nitrogens with zero attached hydrogens (tertiary/aromatic N) is 1. The minimum absolute atomic E-state index is 0.0836. The van der Waals surface area contributed by atoms with Crippen LogP contribution in [0.25, 0.3) is 11.1 Å². The smallest absolute Gasteiger partial charge is 0.270 e. The molecule has 0 saturated heterocycles. The Morgan fingerprint density at radius 1 is 0.958 bits per heavy atom. The molecule has 2 N–H and O–H groups in total. The summed E-state index contributed by atoms with van der Waals surface area (Å²) in [6.45, 7) is 0.860. The van der Waals surface area contributed by atoms with E-state index in [0.29, 0.717) is 17.3 Å². The fourth-order valence-corrected chi connectivity index (χ4v) is 2.33. The van der Waals surface area contributed by atoms with Crippen LogP contribution in [0, 0.1) is 0 Å². The van der Waals surface area contributed by atoms with Crippen LogP contribution in [0.2, 0.25) is 0 Å². The number of nitrogen functional groups attached to an aromatic ring is 1. The van der Waals surface area contributed by atoms with Crippen LogP contribution in [0.1, 0.15) is 12.5 Å². The zero-order chi connectivity index (χ0) is 17.2. The Hall–Kier alpha value is -2.95. The van der Waals surface area contributed by atoms with Gasteiger partial charge in [0.05, 0.1) is 0 Å². The minimum Gasteiger partial charge on any atom is -0.457 e. The molecule has 1 heterocycles. The second-order valence-electron chi connectivity index (χ2n) is 5.48. The van der Waals surface area contributed by atoms with Crippen molar-refractivity contribution in [2.24, 2.45) is 0 Å². The average molecular weight is 326 g/mol. The van der Waals surface area contributed by atoms with Crippen molar-refractivity contribution in [3.63, 3.8) is 0 Å². The molecule has 0 bridgehead atoms. The lowest BCUT2D eigenvalue weighted by atomic mass is 10.1. The summed E-state index contributed by atoms with van der Waals surface area (Å²) in [4.78, 5) is 4.05. The lowest BCUT2D eigenvalue weighted by Gasteiger charge is -2.13. The van der Waals surface area contributed by atoms with Crippen LogP contribution in [0.15, 0.2) is 66.9 Å². The van der Waals surface area contributed by atoms with Crippen molar-refractivity contribution in [2.75, 3.05) is 5.73 Å². The highest BCUT2D eigenvalue weighted by Gasteiger charge is 2.24. The van der Waals surface area contributed by atoms with Gasteiger partial charge in [0.25, 0.3) is 5.92 Å². The molecule has 0 amide bonds. The standard InChI is InChI=1S/C19H16F2N2O/c1-19(20,21)14-4-2-5-16(12-14)24-15-9-7-13(8-10-15)17-6-3-11-23-18(17)22/h2-12H,1H3,(H2,22,23). The molecule has 0 atom stereocenters. The summed E-state index contributed by atoms with van der Waals surface area (Å²) in [5, 5.41) is 0. The van der Waals surface area contributed by atoms with E-state index in [1.165, 1.54) is 12.1 Å². The number of hydrogen-bond acceptors (Lipinski definition) is 3. The predicted octanol–water partition coefficient (Wildman–Crippen LogP) is 5.23. The Morgan fingerprint density at radius 3 is 2.38 bits per heavy atom. The van der Waals surface area contributed by atoms with E-state index in [2.05, 4.69) is 4.98 Å². The number of halogens is 2. The van der Waals surface area contributed by atoms with Gasteiger partial charge in [-0.15, -0.1) is 0 Å². The van der Waals surface area contributed by atoms with Gasteiger partial charge in [-0.05, 0) is 42.0 Å². The number of ether oxygens (including phenoxy) is 1. The maximum atomic E-state index is 13.4. The first-order chi connectivity index (χ1) is 11.4. The Balaban J connectivity index is 1.81. The third kappa shape index (κ3) is 3.51. The van der Waals surface area contributed by atoms with Crippen molar-refractivity contribution in [3.8, 4) is 22.6 Å². The third-order valence-electron chi connectivity index (χ3n) is 3.58. The van der Waals surface area contributed by atoms with E-state index >= 15 is 0 Å². The molecule has 2 aromatic carbocycles. The molecule has 0 saturated carbocycles. The molecule has 0 aliphatic carbocycles. The van der Waals surface area contributed by atoms with E-state index < -0.39 is 5.92 Å². The van der Waals surface area contributed by atoms with Gasteiger partial charge in [0, 0.05) is 24.2 Å². The van der Waals surface area contributed by atoms with E-state index in [9.17, 15) is 8.78 Å². The number of benzene rings is 2. The van der Waals surface area contributed by atoms with E-state index in [0.717, 1.165) is 18.1 Å². The van der Waals surface area contributed by atoms with Crippen LogP contribution in [-0.2, 0) is 5.92 Å². The summed E-state index contributed by atoms with van der Waals surface area (Å²) in [6, 6.07) is 16.8. The van der Waals surface area contributed by atoms with Gasteiger partial charge in [-0.3, -0.25) is 0 Å². The summed E-state index contributed by atoms with van der Waals surface area (Å²) < 4.78 is 32.4. The molecule has 0 aliphatic rings. The molecular formula is C19H16F2N2O. The summed E-state index contributed by atoms with van der Waals surface area (Å²) in [6.07, 6.45) is 1.63. The Morgan fingerprint density at radius 2 is 1.71 bits per heavy atom. The Labute approximate surface area is 138 Å². The highest BCUT2D eigenvalue weighted by atomic mass is 19.3. The van der Waals surface area contributed by atoms with E-state index in [4.69, 9.17) is 10.5 Å². The number of anilines is 1. The first-order valence-electron chi connectivity index (χ1n) is 7.40. The molecule has 1 aromatic heterocycles. The maximum Gasteiger partial charge on any atom is 0.270 e. The van der Waals surface area contributed by atoms with Gasteiger partial charge < -0.3 is 10.5 Å². The van der Waals surface area contributed by atoms with Crippen molar-refractivity contribution in [1.82, 2.24) is 4.98 Å². The number of aromatic nitrogens is 1. The monoisotopic (exact) mass is 326 g/mol. The average Bonchev–Trinajstić information content (AvgIpc) is 2.56. The zero-order valence-electron chi connectivity index (χ0n) is 13.0. The highest BCUT2D eigenvalue weighted by Crippen LogP contribution is 2.32. The van der Waals surface area contributed by atoms with Crippen molar-refractivity contribution in [1.29, 1.82) is 0 Å².